The lowest BCUT2D eigenvalue weighted by Gasteiger charge is -2.40. The summed E-state index contributed by atoms with van der Waals surface area (Å²) in [5.74, 6) is 1.82. The first-order chi connectivity index (χ1) is 14.5. The number of rotatable bonds is 6. The Balaban J connectivity index is 1.89. The second-order valence-corrected chi connectivity index (χ2v) is 10.6. The fourth-order valence-electron chi connectivity index (χ4n) is 4.15. The molecule has 0 aliphatic carbocycles. The molecule has 0 bridgehead atoms. The summed E-state index contributed by atoms with van der Waals surface area (Å²) in [4.78, 5) is 17.8. The van der Waals surface area contributed by atoms with Crippen LogP contribution in [0.25, 0.3) is 11.1 Å². The average Bonchev–Trinajstić information content (AvgIpc) is 2.65. The normalized spacial score (nSPS) is 16.2. The van der Waals surface area contributed by atoms with Crippen molar-refractivity contribution in [2.45, 2.75) is 65.6 Å². The second kappa shape index (κ2) is 9.22. The highest BCUT2D eigenvalue weighted by Gasteiger charge is 2.34. The lowest BCUT2D eigenvalue weighted by molar-refractivity contribution is 0.0431. The quantitative estimate of drug-likeness (QED) is 0.433. The number of ether oxygens (including phenoxy) is 2. The summed E-state index contributed by atoms with van der Waals surface area (Å²) < 4.78 is 13.3. The molecule has 3 rings (SSSR count). The number of benzene rings is 1. The Bertz CT molecular complexity index is 955. The average molecular weight is 538 g/mol. The van der Waals surface area contributed by atoms with Gasteiger partial charge in [0.05, 0.1) is 9.61 Å². The molecule has 168 valence electrons. The fourth-order valence-corrected chi connectivity index (χ4v) is 4.77. The third-order valence-electron chi connectivity index (χ3n) is 5.39. The molecule has 1 aromatic heterocycles. The van der Waals surface area contributed by atoms with E-state index in [1.54, 1.807) is 6.20 Å². The van der Waals surface area contributed by atoms with Crippen LogP contribution >= 0.6 is 22.6 Å². The van der Waals surface area contributed by atoms with Crippen molar-refractivity contribution in [2.24, 2.45) is 5.92 Å². The van der Waals surface area contributed by atoms with Gasteiger partial charge in [-0.2, -0.15) is 0 Å². The molecule has 0 spiro atoms. The number of aromatic nitrogens is 1. The zero-order valence-corrected chi connectivity index (χ0v) is 21.1. The molecule has 0 radical (unpaired) electrons. The number of carbonyl (C=O) groups is 1. The van der Waals surface area contributed by atoms with Crippen molar-refractivity contribution < 1.29 is 19.4 Å². The summed E-state index contributed by atoms with van der Waals surface area (Å²) in [6.45, 7) is 12.2. The maximum atomic E-state index is 12.0. The van der Waals surface area contributed by atoms with Crippen molar-refractivity contribution in [3.8, 4) is 22.6 Å². The minimum absolute atomic E-state index is 0.0961. The summed E-state index contributed by atoms with van der Waals surface area (Å²) in [6, 6.07) is 5.74. The van der Waals surface area contributed by atoms with E-state index in [0.717, 1.165) is 32.4 Å². The van der Waals surface area contributed by atoms with Crippen LogP contribution in [0.2, 0.25) is 0 Å². The van der Waals surface area contributed by atoms with E-state index in [2.05, 4.69) is 47.5 Å². The van der Waals surface area contributed by atoms with Crippen LogP contribution in [0.1, 0.15) is 59.6 Å². The molecule has 0 fully saturated rings. The third-order valence-corrected chi connectivity index (χ3v) is 6.23. The smallest absolute Gasteiger partial charge is 0.408 e. The molecule has 7 heteroatoms. The number of pyridine rings is 1. The largest absolute Gasteiger partial charge is 0.490 e. The summed E-state index contributed by atoms with van der Waals surface area (Å²) in [6.07, 6.45) is 3.34. The Labute approximate surface area is 198 Å². The Morgan fingerprint density at radius 2 is 2.03 bits per heavy atom. The molecule has 6 nitrogen and oxygen atoms in total. The van der Waals surface area contributed by atoms with Crippen LogP contribution in [0.4, 0.5) is 4.79 Å². The van der Waals surface area contributed by atoms with E-state index < -0.39 is 11.6 Å². The number of nitrogens with zero attached hydrogens (tertiary/aromatic N) is 2. The van der Waals surface area contributed by atoms with Gasteiger partial charge in [-0.1, -0.05) is 13.8 Å². The van der Waals surface area contributed by atoms with Gasteiger partial charge in [0.25, 0.3) is 0 Å². The number of carboxylic acid groups (broad SMARTS) is 1. The van der Waals surface area contributed by atoms with E-state index in [4.69, 9.17) is 9.47 Å². The van der Waals surface area contributed by atoms with Crippen LogP contribution in [0, 0.1) is 9.49 Å². The van der Waals surface area contributed by atoms with Gasteiger partial charge >= 0.3 is 6.09 Å². The van der Waals surface area contributed by atoms with Crippen molar-refractivity contribution in [3.63, 3.8) is 0 Å². The van der Waals surface area contributed by atoms with E-state index in [1.165, 1.54) is 4.90 Å². The van der Waals surface area contributed by atoms with Crippen LogP contribution in [-0.4, -0.2) is 39.3 Å². The van der Waals surface area contributed by atoms with Gasteiger partial charge in [0.2, 0.25) is 0 Å². The summed E-state index contributed by atoms with van der Waals surface area (Å²) in [5, 5.41) is 9.87. The van der Waals surface area contributed by atoms with E-state index >= 15 is 0 Å². The number of amides is 1. The highest BCUT2D eigenvalue weighted by molar-refractivity contribution is 14.1. The van der Waals surface area contributed by atoms with Gasteiger partial charge in [0.15, 0.2) is 0 Å². The molecule has 1 N–H and O–H groups in total. The van der Waals surface area contributed by atoms with Gasteiger partial charge < -0.3 is 14.6 Å². The van der Waals surface area contributed by atoms with Gasteiger partial charge in [0, 0.05) is 35.1 Å². The van der Waals surface area contributed by atoms with Crippen molar-refractivity contribution in [3.05, 3.63) is 39.7 Å². The molecule has 2 heterocycles. The van der Waals surface area contributed by atoms with Crippen molar-refractivity contribution in [1.82, 2.24) is 9.88 Å². The number of halogens is 1. The molecule has 2 atom stereocenters. The third kappa shape index (κ3) is 5.25. The monoisotopic (exact) mass is 538 g/mol. The van der Waals surface area contributed by atoms with Crippen LogP contribution in [0.5, 0.6) is 11.5 Å². The maximum Gasteiger partial charge on any atom is 0.408 e. The minimum atomic E-state index is -0.927. The highest BCUT2D eigenvalue weighted by atomic mass is 127. The Hall–Kier alpha value is -2.03. The van der Waals surface area contributed by atoms with Gasteiger partial charge in [-0.25, -0.2) is 4.79 Å². The molecule has 1 aromatic carbocycles. The minimum Gasteiger partial charge on any atom is -0.490 e. The zero-order valence-electron chi connectivity index (χ0n) is 19.0. The summed E-state index contributed by atoms with van der Waals surface area (Å²) in [5.41, 5.74) is 2.69. The lowest BCUT2D eigenvalue weighted by atomic mass is 9.95. The topological polar surface area (TPSA) is 71.9 Å². The second-order valence-electron chi connectivity index (χ2n) is 9.42. The van der Waals surface area contributed by atoms with Gasteiger partial charge in [-0.15, -0.1) is 0 Å². The van der Waals surface area contributed by atoms with Crippen LogP contribution in [0.3, 0.4) is 0 Å². The molecule has 1 amide bonds. The Morgan fingerprint density at radius 3 is 2.65 bits per heavy atom. The SMILES string of the molecule is CC(C)C[C@@H](COc1cc2c(cc1I)-c1ccncc1C(C)O2)N(C(=O)O)C(C)(C)C. The van der Waals surface area contributed by atoms with Gasteiger partial charge in [-0.3, -0.25) is 9.88 Å². The molecule has 0 saturated heterocycles. The predicted molar refractivity (Wildman–Crippen MR) is 130 cm³/mol. The van der Waals surface area contributed by atoms with Gasteiger partial charge in [0.1, 0.15) is 24.2 Å². The van der Waals surface area contributed by atoms with E-state index in [9.17, 15) is 9.90 Å². The molecule has 0 saturated carbocycles. The number of hydrogen-bond donors (Lipinski definition) is 1. The van der Waals surface area contributed by atoms with E-state index in [1.807, 2.05) is 46.0 Å². The standard InChI is InChI=1S/C24H31IN2O4/c1-14(2)9-16(27(23(28)29)24(4,5)6)13-30-22-11-21-18(10-20(22)25)17-7-8-26-12-19(17)15(3)31-21/h7-8,10-12,14-16H,9,13H2,1-6H3,(H,28,29)/t15?,16-/m0/s1. The number of fused-ring (bicyclic) bond motifs is 3. The predicted octanol–water partition coefficient (Wildman–Crippen LogP) is 6.38. The van der Waals surface area contributed by atoms with Crippen molar-refractivity contribution >= 4 is 28.7 Å². The molecular weight excluding hydrogens is 507 g/mol. The first kappa shape index (κ1) is 23.6. The Kier molecular flexibility index (Phi) is 7.03. The zero-order chi connectivity index (χ0) is 22.9. The van der Waals surface area contributed by atoms with Crippen LogP contribution in [0.15, 0.2) is 30.6 Å². The molecular formula is C24H31IN2O4. The highest BCUT2D eigenvalue weighted by Crippen LogP contribution is 2.45. The van der Waals surface area contributed by atoms with Crippen molar-refractivity contribution in [2.75, 3.05) is 6.61 Å². The van der Waals surface area contributed by atoms with Gasteiger partial charge in [-0.05, 0) is 80.3 Å². The number of hydrogen-bond acceptors (Lipinski definition) is 4. The molecule has 2 aromatic rings. The molecule has 1 aliphatic heterocycles. The van der Waals surface area contributed by atoms with Crippen LogP contribution < -0.4 is 9.47 Å². The lowest BCUT2D eigenvalue weighted by Crippen LogP contribution is -2.53. The molecule has 31 heavy (non-hydrogen) atoms. The van der Waals surface area contributed by atoms with E-state index in [-0.39, 0.29) is 18.8 Å². The summed E-state index contributed by atoms with van der Waals surface area (Å²) in [7, 11) is 0. The van der Waals surface area contributed by atoms with Crippen molar-refractivity contribution in [1.29, 1.82) is 0 Å². The first-order valence-electron chi connectivity index (χ1n) is 10.6. The summed E-state index contributed by atoms with van der Waals surface area (Å²) >= 11 is 2.26. The van der Waals surface area contributed by atoms with E-state index in [0.29, 0.717) is 11.7 Å². The fraction of sp³-hybridized carbons (Fsp3) is 0.500. The first-order valence-corrected chi connectivity index (χ1v) is 11.7. The Morgan fingerprint density at radius 1 is 1.32 bits per heavy atom. The molecule has 1 unspecified atom stereocenters. The maximum absolute atomic E-state index is 12.0. The molecule has 1 aliphatic rings. The van der Waals surface area contributed by atoms with Crippen LogP contribution in [-0.2, 0) is 0 Å².